The van der Waals surface area contributed by atoms with Gasteiger partial charge >= 0.3 is 5.97 Å². The van der Waals surface area contributed by atoms with Gasteiger partial charge in [-0.05, 0) is 35.8 Å². The highest BCUT2D eigenvalue weighted by Crippen LogP contribution is 2.41. The second-order valence-corrected chi connectivity index (χ2v) is 7.38. The molecule has 0 saturated heterocycles. The zero-order chi connectivity index (χ0) is 24.0. The number of ether oxygens (including phenoxy) is 2. The molecule has 0 radical (unpaired) electrons. The van der Waals surface area contributed by atoms with Crippen LogP contribution in [0, 0.1) is 0 Å². The van der Waals surface area contributed by atoms with Crippen molar-refractivity contribution in [1.29, 1.82) is 0 Å². The smallest absolute Gasteiger partial charge is 0.303 e. The molecule has 1 atom stereocenters. The van der Waals surface area contributed by atoms with E-state index in [1.807, 2.05) is 30.3 Å². The third-order valence-corrected chi connectivity index (χ3v) is 5.31. The zero-order valence-corrected chi connectivity index (χ0v) is 18.4. The molecule has 2 aromatic carbocycles. The van der Waals surface area contributed by atoms with Crippen LogP contribution in [0.2, 0.25) is 0 Å². The van der Waals surface area contributed by atoms with Crippen LogP contribution in [-0.4, -0.2) is 53.5 Å². The van der Waals surface area contributed by atoms with Crippen molar-refractivity contribution in [1.82, 2.24) is 4.90 Å². The number of carboxylic acid groups (broad SMARTS) is 1. The molecule has 1 aliphatic rings. The first-order valence-electron chi connectivity index (χ1n) is 10.3. The summed E-state index contributed by atoms with van der Waals surface area (Å²) in [7, 11) is 2.96. The summed E-state index contributed by atoms with van der Waals surface area (Å²) < 4.78 is 10.6. The van der Waals surface area contributed by atoms with E-state index in [-0.39, 0.29) is 25.0 Å². The highest BCUT2D eigenvalue weighted by atomic mass is 16.5. The summed E-state index contributed by atoms with van der Waals surface area (Å²) in [5.41, 5.74) is 1.24. The molecule has 8 nitrogen and oxygen atoms in total. The Kier molecular flexibility index (Phi) is 7.50. The van der Waals surface area contributed by atoms with Gasteiger partial charge in [-0.15, -0.1) is 0 Å². The largest absolute Gasteiger partial charge is 0.503 e. The Labute approximate surface area is 191 Å². The Hall–Kier alpha value is -4.07. The summed E-state index contributed by atoms with van der Waals surface area (Å²) in [5, 5.41) is 19.6. The second kappa shape index (κ2) is 10.5. The number of rotatable bonds is 10. The van der Waals surface area contributed by atoms with Gasteiger partial charge in [0.05, 0.1) is 25.8 Å². The monoisotopic (exact) mass is 451 g/mol. The summed E-state index contributed by atoms with van der Waals surface area (Å²) in [6, 6.07) is 13.2. The van der Waals surface area contributed by atoms with Crippen LogP contribution in [0.5, 0.6) is 11.5 Å². The normalized spacial score (nSPS) is 15.9. The van der Waals surface area contributed by atoms with Crippen molar-refractivity contribution < 1.29 is 34.1 Å². The summed E-state index contributed by atoms with van der Waals surface area (Å²) in [4.78, 5) is 38.3. The minimum atomic E-state index is -0.997. The number of carbonyl (C=O) groups is 3. The number of allylic oxidation sites excluding steroid dienone is 1. The van der Waals surface area contributed by atoms with Crippen molar-refractivity contribution in [3.05, 3.63) is 77.1 Å². The maximum atomic E-state index is 13.1. The molecule has 1 heterocycles. The fraction of sp³-hybridized carbons (Fsp3) is 0.240. The maximum absolute atomic E-state index is 13.1. The third-order valence-electron chi connectivity index (χ3n) is 5.31. The number of carboxylic acids is 1. The van der Waals surface area contributed by atoms with Crippen molar-refractivity contribution in [2.75, 3.05) is 20.8 Å². The number of benzene rings is 2. The van der Waals surface area contributed by atoms with Crippen LogP contribution < -0.4 is 9.47 Å². The van der Waals surface area contributed by atoms with E-state index < -0.39 is 29.5 Å². The van der Waals surface area contributed by atoms with Crippen LogP contribution in [0.4, 0.5) is 0 Å². The number of carbonyl (C=O) groups excluding carboxylic acids is 2. The van der Waals surface area contributed by atoms with E-state index in [1.54, 1.807) is 24.3 Å². The summed E-state index contributed by atoms with van der Waals surface area (Å²) in [5.74, 6) is -2.03. The average Bonchev–Trinajstić information content (AvgIpc) is 3.07. The molecular formula is C25H25NO7. The van der Waals surface area contributed by atoms with Crippen molar-refractivity contribution in [2.45, 2.75) is 18.9 Å². The lowest BCUT2D eigenvalue weighted by molar-refractivity contribution is -0.138. The van der Waals surface area contributed by atoms with Gasteiger partial charge in [-0.25, -0.2) is 0 Å². The van der Waals surface area contributed by atoms with Gasteiger partial charge in [0.25, 0.3) is 5.91 Å². The number of hydrogen-bond acceptors (Lipinski definition) is 6. The molecule has 2 aromatic rings. The Bertz CT molecular complexity index is 1100. The van der Waals surface area contributed by atoms with E-state index >= 15 is 0 Å². The predicted octanol–water partition coefficient (Wildman–Crippen LogP) is 3.55. The maximum Gasteiger partial charge on any atom is 0.303 e. The van der Waals surface area contributed by atoms with E-state index in [2.05, 4.69) is 0 Å². The molecule has 33 heavy (non-hydrogen) atoms. The van der Waals surface area contributed by atoms with Crippen molar-refractivity contribution in [3.8, 4) is 11.5 Å². The number of hydrogen-bond donors (Lipinski definition) is 2. The Morgan fingerprint density at radius 1 is 1.06 bits per heavy atom. The number of aliphatic carboxylic acids is 1. The van der Waals surface area contributed by atoms with Crippen LogP contribution in [-0.2, 0) is 14.4 Å². The second-order valence-electron chi connectivity index (χ2n) is 7.38. The van der Waals surface area contributed by atoms with Crippen molar-refractivity contribution in [2.24, 2.45) is 0 Å². The summed E-state index contributed by atoms with van der Waals surface area (Å²) in [6.07, 6.45) is 2.92. The summed E-state index contributed by atoms with van der Waals surface area (Å²) in [6.45, 7) is 0.0490. The molecular weight excluding hydrogens is 426 g/mol. The molecule has 8 heteroatoms. The van der Waals surface area contributed by atoms with E-state index in [4.69, 9.17) is 14.6 Å². The van der Waals surface area contributed by atoms with E-state index in [9.17, 15) is 19.5 Å². The molecule has 1 amide bonds. The molecule has 172 valence electrons. The zero-order valence-electron chi connectivity index (χ0n) is 18.4. The fourth-order valence-corrected chi connectivity index (χ4v) is 3.73. The van der Waals surface area contributed by atoms with Gasteiger partial charge in [-0.1, -0.05) is 42.5 Å². The number of ketones is 1. The first-order chi connectivity index (χ1) is 15.9. The number of methoxy groups -OCH3 is 2. The first kappa shape index (κ1) is 23.6. The van der Waals surface area contributed by atoms with Crippen LogP contribution in [0.3, 0.4) is 0 Å². The SMILES string of the molecule is COc1ccc([C@H]2C(C(=O)/C=C/c3ccccc3)=C(O)C(=O)N2CCCC(=O)O)cc1OC. The molecule has 2 N–H and O–H groups in total. The van der Waals surface area contributed by atoms with Crippen LogP contribution >= 0.6 is 0 Å². The van der Waals surface area contributed by atoms with E-state index in [0.717, 1.165) is 5.56 Å². The lowest BCUT2D eigenvalue weighted by Gasteiger charge is -2.27. The topological polar surface area (TPSA) is 113 Å². The highest BCUT2D eigenvalue weighted by molar-refractivity contribution is 6.14. The minimum absolute atomic E-state index is 0.0490. The van der Waals surface area contributed by atoms with Crippen LogP contribution in [0.15, 0.2) is 65.9 Å². The van der Waals surface area contributed by atoms with Gasteiger partial charge in [0.1, 0.15) is 0 Å². The van der Waals surface area contributed by atoms with Gasteiger partial charge in [-0.3, -0.25) is 14.4 Å². The molecule has 0 spiro atoms. The molecule has 0 saturated carbocycles. The van der Waals surface area contributed by atoms with Gasteiger partial charge in [0.15, 0.2) is 23.0 Å². The number of nitrogens with zero attached hydrogens (tertiary/aromatic N) is 1. The predicted molar refractivity (Wildman–Crippen MR) is 121 cm³/mol. The van der Waals surface area contributed by atoms with Gasteiger partial charge < -0.3 is 24.6 Å². The minimum Gasteiger partial charge on any atom is -0.503 e. The van der Waals surface area contributed by atoms with Gasteiger partial charge in [0.2, 0.25) is 0 Å². The molecule has 0 unspecified atom stereocenters. The van der Waals surface area contributed by atoms with E-state index in [1.165, 1.54) is 25.2 Å². The molecule has 3 rings (SSSR count). The summed E-state index contributed by atoms with van der Waals surface area (Å²) >= 11 is 0. The van der Waals surface area contributed by atoms with Crippen molar-refractivity contribution >= 4 is 23.7 Å². The fourth-order valence-electron chi connectivity index (χ4n) is 3.73. The molecule has 0 aliphatic carbocycles. The molecule has 0 fully saturated rings. The number of amides is 1. The average molecular weight is 451 g/mol. The van der Waals surface area contributed by atoms with Crippen LogP contribution in [0.25, 0.3) is 6.08 Å². The molecule has 1 aliphatic heterocycles. The van der Waals surface area contributed by atoms with Gasteiger partial charge in [0, 0.05) is 13.0 Å². The van der Waals surface area contributed by atoms with E-state index in [0.29, 0.717) is 17.1 Å². The lowest BCUT2D eigenvalue weighted by Crippen LogP contribution is -2.32. The Morgan fingerprint density at radius 2 is 1.76 bits per heavy atom. The third kappa shape index (κ3) is 5.23. The first-order valence-corrected chi connectivity index (χ1v) is 10.3. The van der Waals surface area contributed by atoms with Gasteiger partial charge in [-0.2, -0.15) is 0 Å². The van der Waals surface area contributed by atoms with Crippen LogP contribution in [0.1, 0.15) is 30.0 Å². The Morgan fingerprint density at radius 3 is 2.39 bits per heavy atom. The quantitative estimate of drug-likeness (QED) is 0.531. The number of aliphatic hydroxyl groups excluding tert-OH is 1. The number of aliphatic hydroxyl groups is 1. The Balaban J connectivity index is 2.01. The molecule has 0 bridgehead atoms. The molecule has 0 aromatic heterocycles. The highest BCUT2D eigenvalue weighted by Gasteiger charge is 2.42. The van der Waals surface area contributed by atoms with Crippen molar-refractivity contribution in [3.63, 3.8) is 0 Å². The lowest BCUT2D eigenvalue weighted by atomic mass is 9.95. The standard InChI is InChI=1S/C25H25NO7/c1-32-19-13-11-17(15-20(19)33-2)23-22(18(27)12-10-16-7-4-3-5-8-16)24(30)25(31)26(23)14-6-9-21(28)29/h3-5,7-8,10-13,15,23,30H,6,9,14H2,1-2H3,(H,28,29)/b12-10+/t23-/m0/s1.